The van der Waals surface area contributed by atoms with Crippen LogP contribution in [-0.2, 0) is 11.3 Å². The van der Waals surface area contributed by atoms with Crippen LogP contribution < -0.4 is 4.90 Å². The first-order valence-electron chi connectivity index (χ1n) is 6.49. The van der Waals surface area contributed by atoms with Gasteiger partial charge in [-0.1, -0.05) is 11.6 Å². The number of rotatable bonds is 5. The van der Waals surface area contributed by atoms with E-state index in [-0.39, 0.29) is 0 Å². The van der Waals surface area contributed by atoms with Crippen LogP contribution in [0.25, 0.3) is 0 Å². The Hall–Kier alpha value is -2.16. The van der Waals surface area contributed by atoms with Gasteiger partial charge in [-0.15, -0.1) is 0 Å². The van der Waals surface area contributed by atoms with Crippen molar-refractivity contribution in [2.75, 3.05) is 18.6 Å². The zero-order valence-corrected chi connectivity index (χ0v) is 12.6. The monoisotopic (exact) mass is 302 g/mol. The highest BCUT2D eigenvalue weighted by Crippen LogP contribution is 2.24. The molecule has 2 aromatic rings. The maximum absolute atomic E-state index is 8.82. The summed E-state index contributed by atoms with van der Waals surface area (Å²) < 4.78 is 5.31. The minimum Gasteiger partial charge on any atom is -0.374 e. The average Bonchev–Trinajstić information content (AvgIpc) is 2.51. The number of halogens is 1. The number of benzene rings is 1. The first-order valence-corrected chi connectivity index (χ1v) is 6.87. The van der Waals surface area contributed by atoms with Crippen LogP contribution in [0.15, 0.2) is 30.3 Å². The highest BCUT2D eigenvalue weighted by atomic mass is 35.5. The molecule has 21 heavy (non-hydrogen) atoms. The summed E-state index contributed by atoms with van der Waals surface area (Å²) in [5, 5.41) is 9.19. The van der Waals surface area contributed by atoms with Crippen molar-refractivity contribution in [3.63, 3.8) is 0 Å². The van der Waals surface area contributed by atoms with E-state index < -0.39 is 0 Å². The fourth-order valence-corrected chi connectivity index (χ4v) is 1.97. The summed E-state index contributed by atoms with van der Waals surface area (Å²) in [7, 11) is 1.88. The second-order valence-corrected chi connectivity index (χ2v) is 4.71. The summed E-state index contributed by atoms with van der Waals surface area (Å²) >= 11 is 6.03. The highest BCUT2D eigenvalue weighted by molar-refractivity contribution is 6.29. The SMILES string of the molecule is CCOCc1nc(Cl)cc(N(C)c2ccc(C#N)cc2)n1. The van der Waals surface area contributed by atoms with Gasteiger partial charge in [-0.25, -0.2) is 9.97 Å². The molecule has 1 aromatic carbocycles. The summed E-state index contributed by atoms with van der Waals surface area (Å²) in [6.45, 7) is 2.83. The molecule has 0 amide bonds. The van der Waals surface area contributed by atoms with Gasteiger partial charge in [0.05, 0.1) is 11.6 Å². The molecule has 1 heterocycles. The Kier molecular flexibility index (Phi) is 5.09. The Balaban J connectivity index is 2.26. The van der Waals surface area contributed by atoms with Crippen LogP contribution in [0, 0.1) is 11.3 Å². The van der Waals surface area contributed by atoms with Gasteiger partial charge in [0.1, 0.15) is 17.6 Å². The second-order valence-electron chi connectivity index (χ2n) is 4.32. The zero-order chi connectivity index (χ0) is 15.2. The standard InChI is InChI=1S/C15H15ClN4O/c1-3-21-10-14-18-13(16)8-15(19-14)20(2)12-6-4-11(9-17)5-7-12/h4-8H,3,10H2,1-2H3. The topological polar surface area (TPSA) is 62.0 Å². The maximum atomic E-state index is 8.82. The highest BCUT2D eigenvalue weighted by Gasteiger charge is 2.09. The Morgan fingerprint density at radius 2 is 2.00 bits per heavy atom. The largest absolute Gasteiger partial charge is 0.374 e. The van der Waals surface area contributed by atoms with Gasteiger partial charge in [0, 0.05) is 25.4 Å². The van der Waals surface area contributed by atoms with E-state index >= 15 is 0 Å². The Labute approximate surface area is 128 Å². The number of hydrogen-bond donors (Lipinski definition) is 0. The minimum absolute atomic E-state index is 0.325. The van der Waals surface area contributed by atoms with Gasteiger partial charge < -0.3 is 9.64 Å². The molecule has 108 valence electrons. The lowest BCUT2D eigenvalue weighted by Gasteiger charge is -2.19. The molecule has 0 radical (unpaired) electrons. The zero-order valence-electron chi connectivity index (χ0n) is 11.9. The number of nitrogens with zero attached hydrogens (tertiary/aromatic N) is 4. The van der Waals surface area contributed by atoms with Crippen molar-refractivity contribution >= 4 is 23.1 Å². The molecular weight excluding hydrogens is 288 g/mol. The van der Waals surface area contributed by atoms with Gasteiger partial charge in [-0.3, -0.25) is 0 Å². The van der Waals surface area contributed by atoms with Crippen LogP contribution >= 0.6 is 11.6 Å². The van der Waals surface area contributed by atoms with Crippen molar-refractivity contribution in [2.24, 2.45) is 0 Å². The predicted molar refractivity (Wildman–Crippen MR) is 81.6 cm³/mol. The van der Waals surface area contributed by atoms with E-state index in [2.05, 4.69) is 16.0 Å². The molecule has 0 N–H and O–H groups in total. The smallest absolute Gasteiger partial charge is 0.158 e. The van der Waals surface area contributed by atoms with Crippen molar-refractivity contribution in [3.05, 3.63) is 46.9 Å². The number of aromatic nitrogens is 2. The number of hydrogen-bond acceptors (Lipinski definition) is 5. The summed E-state index contributed by atoms with van der Waals surface area (Å²) in [6, 6.07) is 11.0. The third kappa shape index (κ3) is 3.91. The summed E-state index contributed by atoms with van der Waals surface area (Å²) in [4.78, 5) is 10.4. The fourth-order valence-electron chi connectivity index (χ4n) is 1.77. The average molecular weight is 303 g/mol. The Morgan fingerprint density at radius 3 is 2.62 bits per heavy atom. The van der Waals surface area contributed by atoms with Crippen molar-refractivity contribution in [1.29, 1.82) is 5.26 Å². The molecular formula is C15H15ClN4O. The normalized spacial score (nSPS) is 10.2. The molecule has 2 rings (SSSR count). The van der Waals surface area contributed by atoms with E-state index in [1.165, 1.54) is 0 Å². The Morgan fingerprint density at radius 1 is 1.29 bits per heavy atom. The van der Waals surface area contributed by atoms with E-state index in [9.17, 15) is 0 Å². The number of ether oxygens (including phenoxy) is 1. The maximum Gasteiger partial charge on any atom is 0.158 e. The molecule has 1 aromatic heterocycles. The van der Waals surface area contributed by atoms with Crippen LogP contribution in [0.4, 0.5) is 11.5 Å². The van der Waals surface area contributed by atoms with E-state index in [0.29, 0.717) is 35.6 Å². The first kappa shape index (κ1) is 15.2. The number of anilines is 2. The lowest BCUT2D eigenvalue weighted by atomic mass is 10.2. The van der Waals surface area contributed by atoms with E-state index in [1.54, 1.807) is 18.2 Å². The van der Waals surface area contributed by atoms with Crippen molar-refractivity contribution in [1.82, 2.24) is 9.97 Å². The van der Waals surface area contributed by atoms with Crippen molar-refractivity contribution in [3.8, 4) is 6.07 Å². The summed E-state index contributed by atoms with van der Waals surface area (Å²) in [5.41, 5.74) is 1.52. The van der Waals surface area contributed by atoms with Crippen molar-refractivity contribution in [2.45, 2.75) is 13.5 Å². The van der Waals surface area contributed by atoms with Crippen LogP contribution in [0.5, 0.6) is 0 Å². The van der Waals surface area contributed by atoms with E-state index in [0.717, 1.165) is 5.69 Å². The summed E-state index contributed by atoms with van der Waals surface area (Å²) in [5.74, 6) is 1.22. The first-order chi connectivity index (χ1) is 10.1. The molecule has 0 aliphatic heterocycles. The molecule has 0 atom stereocenters. The molecule has 5 nitrogen and oxygen atoms in total. The lowest BCUT2D eigenvalue weighted by Crippen LogP contribution is -2.13. The molecule has 0 unspecified atom stereocenters. The van der Waals surface area contributed by atoms with Gasteiger partial charge in [-0.2, -0.15) is 5.26 Å². The molecule has 0 fully saturated rings. The van der Waals surface area contributed by atoms with E-state index in [1.807, 2.05) is 31.0 Å². The van der Waals surface area contributed by atoms with Gasteiger partial charge in [-0.05, 0) is 31.2 Å². The van der Waals surface area contributed by atoms with Crippen LogP contribution in [0.3, 0.4) is 0 Å². The molecule has 0 spiro atoms. The molecule has 0 aliphatic rings. The van der Waals surface area contributed by atoms with E-state index in [4.69, 9.17) is 21.6 Å². The van der Waals surface area contributed by atoms with Gasteiger partial charge in [0.15, 0.2) is 5.82 Å². The molecule has 6 heteroatoms. The second kappa shape index (κ2) is 7.02. The number of nitriles is 1. The third-order valence-electron chi connectivity index (χ3n) is 2.89. The fraction of sp³-hybridized carbons (Fsp3) is 0.267. The Bertz CT molecular complexity index is 652. The predicted octanol–water partition coefficient (Wildman–Crippen LogP) is 3.31. The minimum atomic E-state index is 0.325. The molecule has 0 saturated heterocycles. The van der Waals surface area contributed by atoms with Gasteiger partial charge >= 0.3 is 0 Å². The van der Waals surface area contributed by atoms with Gasteiger partial charge in [0.2, 0.25) is 0 Å². The van der Waals surface area contributed by atoms with Crippen LogP contribution in [-0.4, -0.2) is 23.6 Å². The summed E-state index contributed by atoms with van der Waals surface area (Å²) in [6.07, 6.45) is 0. The quantitative estimate of drug-likeness (QED) is 0.793. The molecule has 0 saturated carbocycles. The van der Waals surface area contributed by atoms with Gasteiger partial charge in [0.25, 0.3) is 0 Å². The molecule has 0 bridgehead atoms. The molecule has 0 aliphatic carbocycles. The van der Waals surface area contributed by atoms with Crippen LogP contribution in [0.1, 0.15) is 18.3 Å². The lowest BCUT2D eigenvalue weighted by molar-refractivity contribution is 0.128. The third-order valence-corrected chi connectivity index (χ3v) is 3.08. The van der Waals surface area contributed by atoms with Crippen molar-refractivity contribution < 1.29 is 4.74 Å². The van der Waals surface area contributed by atoms with Crippen LogP contribution in [0.2, 0.25) is 5.15 Å².